The Labute approximate surface area is 97.4 Å². The molecule has 0 aliphatic carbocycles. The predicted molar refractivity (Wildman–Crippen MR) is 62.3 cm³/mol. The van der Waals surface area contributed by atoms with Crippen LogP contribution in [-0.4, -0.2) is 16.9 Å². The van der Waals surface area contributed by atoms with Gasteiger partial charge in [0.1, 0.15) is 5.69 Å². The number of carbonyl (C=O) groups excluding carboxylic acids is 1. The van der Waals surface area contributed by atoms with Gasteiger partial charge >= 0.3 is 0 Å². The molecule has 0 bridgehead atoms. The monoisotopic (exact) mass is 266 g/mol. The lowest BCUT2D eigenvalue weighted by Crippen LogP contribution is -2.33. The van der Waals surface area contributed by atoms with E-state index in [0.29, 0.717) is 16.6 Å². The highest BCUT2D eigenvalue weighted by molar-refractivity contribution is 9.10. The minimum atomic E-state index is -0.257. The van der Waals surface area contributed by atoms with Gasteiger partial charge in [0.05, 0.1) is 6.04 Å². The highest BCUT2D eigenvalue weighted by atomic mass is 79.9. The summed E-state index contributed by atoms with van der Waals surface area (Å²) in [5.74, 6) is 2.24. The van der Waals surface area contributed by atoms with Gasteiger partial charge < -0.3 is 5.32 Å². The molecule has 0 fully saturated rings. The minimum absolute atomic E-state index is 0.244. The highest BCUT2D eigenvalue weighted by Gasteiger charge is 2.13. The smallest absolute Gasteiger partial charge is 0.272 e. The molecule has 15 heavy (non-hydrogen) atoms. The molecule has 1 heterocycles. The maximum atomic E-state index is 11.7. The third kappa shape index (κ3) is 3.07. The van der Waals surface area contributed by atoms with Gasteiger partial charge in [0.15, 0.2) is 0 Å². The number of nitrogens with one attached hydrogen (secondary N) is 1. The standard InChI is InChI=1S/C11H11BrN2O/c1-3-8(4-2)14-11(15)10-9(12)6-5-7-13-10/h1,5-8H,4H2,2H3,(H,14,15). The summed E-state index contributed by atoms with van der Waals surface area (Å²) in [4.78, 5) is 15.7. The molecular formula is C11H11BrN2O. The molecular weight excluding hydrogens is 256 g/mol. The molecule has 3 nitrogen and oxygen atoms in total. The van der Waals surface area contributed by atoms with Crippen molar-refractivity contribution >= 4 is 21.8 Å². The molecule has 0 aliphatic rings. The Balaban J connectivity index is 2.79. The molecule has 1 unspecified atom stereocenters. The van der Waals surface area contributed by atoms with Crippen molar-refractivity contribution in [2.24, 2.45) is 0 Å². The fourth-order valence-corrected chi connectivity index (χ4v) is 1.48. The zero-order chi connectivity index (χ0) is 11.3. The number of amides is 1. The van der Waals surface area contributed by atoms with Crippen molar-refractivity contribution in [2.75, 3.05) is 0 Å². The first-order chi connectivity index (χ1) is 7.19. The van der Waals surface area contributed by atoms with E-state index < -0.39 is 0 Å². The third-order valence-corrected chi connectivity index (χ3v) is 2.53. The van der Waals surface area contributed by atoms with Gasteiger partial charge in [0, 0.05) is 10.7 Å². The summed E-state index contributed by atoms with van der Waals surface area (Å²) >= 11 is 3.26. The van der Waals surface area contributed by atoms with Gasteiger partial charge in [0.2, 0.25) is 0 Å². The van der Waals surface area contributed by atoms with Crippen LogP contribution in [0.5, 0.6) is 0 Å². The van der Waals surface area contributed by atoms with E-state index in [2.05, 4.69) is 32.2 Å². The Morgan fingerprint density at radius 2 is 2.53 bits per heavy atom. The zero-order valence-electron chi connectivity index (χ0n) is 8.33. The fraction of sp³-hybridized carbons (Fsp3) is 0.273. The van der Waals surface area contributed by atoms with Crippen molar-refractivity contribution in [3.63, 3.8) is 0 Å². The Hall–Kier alpha value is -1.34. The third-order valence-electron chi connectivity index (χ3n) is 1.89. The molecule has 0 radical (unpaired) electrons. The van der Waals surface area contributed by atoms with Gasteiger partial charge in [-0.15, -0.1) is 6.42 Å². The molecule has 0 aromatic carbocycles. The largest absolute Gasteiger partial charge is 0.337 e. The number of hydrogen-bond donors (Lipinski definition) is 1. The van der Waals surface area contributed by atoms with Crippen molar-refractivity contribution in [3.8, 4) is 12.3 Å². The topological polar surface area (TPSA) is 42.0 Å². The molecule has 1 rings (SSSR count). The zero-order valence-corrected chi connectivity index (χ0v) is 9.91. The van der Waals surface area contributed by atoms with Crippen LogP contribution in [-0.2, 0) is 0 Å². The van der Waals surface area contributed by atoms with E-state index in [-0.39, 0.29) is 11.9 Å². The lowest BCUT2D eigenvalue weighted by molar-refractivity contribution is 0.0939. The first kappa shape index (κ1) is 11.7. The SMILES string of the molecule is C#CC(CC)NC(=O)c1ncccc1Br. The Morgan fingerprint density at radius 1 is 1.80 bits per heavy atom. The van der Waals surface area contributed by atoms with Crippen molar-refractivity contribution < 1.29 is 4.79 Å². The Kier molecular flexibility index (Phi) is 4.32. The normalized spacial score (nSPS) is 11.5. The number of terminal acetylenes is 1. The molecule has 1 aromatic heterocycles. The van der Waals surface area contributed by atoms with Crippen LogP contribution in [0.4, 0.5) is 0 Å². The predicted octanol–water partition coefficient (Wildman–Crippen LogP) is 1.99. The number of nitrogens with zero attached hydrogens (tertiary/aromatic N) is 1. The molecule has 78 valence electrons. The van der Waals surface area contributed by atoms with Crippen LogP contribution >= 0.6 is 15.9 Å². The van der Waals surface area contributed by atoms with E-state index in [9.17, 15) is 4.79 Å². The average molecular weight is 267 g/mol. The van der Waals surface area contributed by atoms with Crippen LogP contribution in [0.1, 0.15) is 23.8 Å². The van der Waals surface area contributed by atoms with Crippen LogP contribution in [0.3, 0.4) is 0 Å². The number of rotatable bonds is 3. The number of hydrogen-bond acceptors (Lipinski definition) is 2. The van der Waals surface area contributed by atoms with Gasteiger partial charge in [0.25, 0.3) is 5.91 Å². The van der Waals surface area contributed by atoms with E-state index in [1.165, 1.54) is 0 Å². The second kappa shape index (κ2) is 5.52. The Bertz CT molecular complexity index is 398. The van der Waals surface area contributed by atoms with Gasteiger partial charge in [-0.05, 0) is 34.5 Å². The van der Waals surface area contributed by atoms with E-state index in [1.807, 2.05) is 6.92 Å². The molecule has 4 heteroatoms. The van der Waals surface area contributed by atoms with E-state index in [1.54, 1.807) is 18.3 Å². The maximum Gasteiger partial charge on any atom is 0.272 e. The second-order valence-corrected chi connectivity index (χ2v) is 3.79. The summed E-state index contributed by atoms with van der Waals surface area (Å²) < 4.78 is 0.661. The molecule has 1 N–H and O–H groups in total. The first-order valence-corrected chi connectivity index (χ1v) is 5.35. The van der Waals surface area contributed by atoms with Gasteiger partial charge in [-0.1, -0.05) is 12.8 Å². The fourth-order valence-electron chi connectivity index (χ4n) is 1.04. The molecule has 1 amide bonds. The van der Waals surface area contributed by atoms with Gasteiger partial charge in [-0.25, -0.2) is 4.98 Å². The molecule has 1 atom stereocenters. The molecule has 0 aliphatic heterocycles. The summed E-state index contributed by atoms with van der Waals surface area (Å²) in [5.41, 5.74) is 0.353. The number of pyridine rings is 1. The van der Waals surface area contributed by atoms with Crippen LogP contribution in [0, 0.1) is 12.3 Å². The summed E-state index contributed by atoms with van der Waals surface area (Å²) in [5, 5.41) is 2.71. The average Bonchev–Trinajstić information content (AvgIpc) is 2.26. The van der Waals surface area contributed by atoms with Crippen LogP contribution in [0.2, 0.25) is 0 Å². The molecule has 0 saturated carbocycles. The highest BCUT2D eigenvalue weighted by Crippen LogP contribution is 2.13. The quantitative estimate of drug-likeness (QED) is 0.851. The summed E-state index contributed by atoms with van der Waals surface area (Å²) in [7, 11) is 0. The summed E-state index contributed by atoms with van der Waals surface area (Å²) in [6, 6.07) is 3.27. The van der Waals surface area contributed by atoms with E-state index >= 15 is 0 Å². The molecule has 0 saturated heterocycles. The van der Waals surface area contributed by atoms with Crippen molar-refractivity contribution in [2.45, 2.75) is 19.4 Å². The van der Waals surface area contributed by atoms with Crippen LogP contribution in [0.25, 0.3) is 0 Å². The van der Waals surface area contributed by atoms with Crippen LogP contribution in [0.15, 0.2) is 22.8 Å². The van der Waals surface area contributed by atoms with Crippen LogP contribution < -0.4 is 5.32 Å². The van der Waals surface area contributed by atoms with Gasteiger partial charge in [-0.2, -0.15) is 0 Å². The maximum absolute atomic E-state index is 11.7. The first-order valence-electron chi connectivity index (χ1n) is 4.56. The van der Waals surface area contributed by atoms with Crippen molar-refractivity contribution in [3.05, 3.63) is 28.5 Å². The summed E-state index contributed by atoms with van der Waals surface area (Å²) in [6.45, 7) is 1.91. The Morgan fingerprint density at radius 3 is 3.07 bits per heavy atom. The van der Waals surface area contributed by atoms with Crippen molar-refractivity contribution in [1.82, 2.24) is 10.3 Å². The number of halogens is 1. The van der Waals surface area contributed by atoms with Crippen molar-refractivity contribution in [1.29, 1.82) is 0 Å². The molecule has 1 aromatic rings. The second-order valence-electron chi connectivity index (χ2n) is 2.93. The van der Waals surface area contributed by atoms with E-state index in [0.717, 1.165) is 0 Å². The number of carbonyl (C=O) groups is 1. The number of aromatic nitrogens is 1. The van der Waals surface area contributed by atoms with E-state index in [4.69, 9.17) is 6.42 Å². The van der Waals surface area contributed by atoms with Gasteiger partial charge in [-0.3, -0.25) is 4.79 Å². The molecule has 0 spiro atoms. The lowest BCUT2D eigenvalue weighted by atomic mass is 10.2. The minimum Gasteiger partial charge on any atom is -0.337 e. The summed E-state index contributed by atoms with van der Waals surface area (Å²) in [6.07, 6.45) is 7.52. The lowest BCUT2D eigenvalue weighted by Gasteiger charge is -2.10.